The molecule has 16 heavy (non-hydrogen) atoms. The van der Waals surface area contributed by atoms with Gasteiger partial charge in [0.2, 0.25) is 0 Å². The quantitative estimate of drug-likeness (QED) is 0.609. The minimum atomic E-state index is -0.446. The summed E-state index contributed by atoms with van der Waals surface area (Å²) in [6.45, 7) is 5.06. The Kier molecular flexibility index (Phi) is 1.76. The standard InChI is InChI=1S/C13H14N2O/c1-12(2)8-14-9-15-11-5-3-4-10-6-7-16-13(10,11)12/h3-7,9H,8H2,1-2H3. The second kappa shape index (κ2) is 2.94. The fourth-order valence-corrected chi connectivity index (χ4v) is 2.65. The van der Waals surface area contributed by atoms with E-state index in [-0.39, 0.29) is 5.41 Å². The predicted molar refractivity (Wildman–Crippen MR) is 64.8 cm³/mol. The van der Waals surface area contributed by atoms with Gasteiger partial charge in [0, 0.05) is 11.0 Å². The molecule has 1 aliphatic carbocycles. The van der Waals surface area contributed by atoms with Gasteiger partial charge in [0.1, 0.15) is 6.34 Å². The summed E-state index contributed by atoms with van der Waals surface area (Å²) in [4.78, 5) is 8.73. The van der Waals surface area contributed by atoms with E-state index in [1.54, 1.807) is 12.6 Å². The smallest absolute Gasteiger partial charge is 0.182 e. The van der Waals surface area contributed by atoms with E-state index >= 15 is 0 Å². The Morgan fingerprint density at radius 2 is 2.19 bits per heavy atom. The molecular formula is C13H14N2O. The molecular weight excluding hydrogens is 200 g/mol. The van der Waals surface area contributed by atoms with Gasteiger partial charge in [-0.05, 0) is 12.2 Å². The highest BCUT2D eigenvalue weighted by Gasteiger charge is 2.55. The fraction of sp³-hybridized carbons (Fsp3) is 0.385. The van der Waals surface area contributed by atoms with Crippen LogP contribution in [0.25, 0.3) is 0 Å². The van der Waals surface area contributed by atoms with Crippen LogP contribution in [-0.4, -0.2) is 24.2 Å². The van der Waals surface area contributed by atoms with E-state index < -0.39 is 5.60 Å². The number of allylic oxidation sites excluding steroid dienone is 2. The van der Waals surface area contributed by atoms with E-state index in [0.717, 1.165) is 5.71 Å². The van der Waals surface area contributed by atoms with Crippen molar-refractivity contribution in [2.24, 2.45) is 15.4 Å². The summed E-state index contributed by atoms with van der Waals surface area (Å²) in [6.07, 6.45) is 11.5. The number of hydrogen-bond acceptors (Lipinski definition) is 3. The molecule has 0 aromatic rings. The lowest BCUT2D eigenvalue weighted by molar-refractivity contribution is 0.0334. The minimum absolute atomic E-state index is 0.0983. The number of aliphatic imine (C=N–C) groups is 2. The summed E-state index contributed by atoms with van der Waals surface area (Å²) < 4.78 is 5.93. The molecule has 0 radical (unpaired) electrons. The lowest BCUT2D eigenvalue weighted by Crippen LogP contribution is -2.53. The first-order valence-electron chi connectivity index (χ1n) is 5.47. The van der Waals surface area contributed by atoms with Gasteiger partial charge in [-0.1, -0.05) is 26.0 Å². The lowest BCUT2D eigenvalue weighted by atomic mass is 9.66. The Labute approximate surface area is 94.9 Å². The molecule has 0 amide bonds. The van der Waals surface area contributed by atoms with Gasteiger partial charge in [0.05, 0.1) is 18.5 Å². The average molecular weight is 214 g/mol. The van der Waals surface area contributed by atoms with Crippen LogP contribution in [0.3, 0.4) is 0 Å². The van der Waals surface area contributed by atoms with Gasteiger partial charge >= 0.3 is 0 Å². The van der Waals surface area contributed by atoms with Gasteiger partial charge in [-0.2, -0.15) is 0 Å². The van der Waals surface area contributed by atoms with E-state index in [4.69, 9.17) is 4.74 Å². The van der Waals surface area contributed by atoms with Crippen LogP contribution in [-0.2, 0) is 4.74 Å². The first kappa shape index (κ1) is 9.58. The third-order valence-corrected chi connectivity index (χ3v) is 3.51. The summed E-state index contributed by atoms with van der Waals surface area (Å²) in [5.74, 6) is 0. The Morgan fingerprint density at radius 1 is 1.31 bits per heavy atom. The van der Waals surface area contributed by atoms with Crippen LogP contribution in [0, 0.1) is 5.41 Å². The van der Waals surface area contributed by atoms with Gasteiger partial charge in [-0.3, -0.25) is 4.99 Å². The molecule has 3 rings (SSSR count). The van der Waals surface area contributed by atoms with Crippen molar-refractivity contribution in [2.75, 3.05) is 6.54 Å². The monoisotopic (exact) mass is 214 g/mol. The van der Waals surface area contributed by atoms with Crippen molar-refractivity contribution in [3.63, 3.8) is 0 Å². The molecule has 0 N–H and O–H groups in total. The predicted octanol–water partition coefficient (Wildman–Crippen LogP) is 2.27. The molecule has 0 bridgehead atoms. The molecule has 3 heteroatoms. The third kappa shape index (κ3) is 0.979. The van der Waals surface area contributed by atoms with Crippen LogP contribution in [0.4, 0.5) is 0 Å². The normalized spacial score (nSPS) is 33.4. The summed E-state index contributed by atoms with van der Waals surface area (Å²) >= 11 is 0. The van der Waals surface area contributed by atoms with E-state index in [1.807, 2.05) is 18.2 Å². The van der Waals surface area contributed by atoms with E-state index in [9.17, 15) is 0 Å². The minimum Gasteiger partial charge on any atom is -0.483 e. The van der Waals surface area contributed by atoms with Crippen molar-refractivity contribution in [3.8, 4) is 0 Å². The topological polar surface area (TPSA) is 34.0 Å². The SMILES string of the molecule is CC1(C)CN=CN=C2C=CC=C3C=COC321. The third-order valence-electron chi connectivity index (χ3n) is 3.51. The highest BCUT2D eigenvalue weighted by atomic mass is 16.5. The Hall–Kier alpha value is -1.64. The molecule has 2 heterocycles. The second-order valence-corrected chi connectivity index (χ2v) is 4.94. The zero-order chi connectivity index (χ0) is 11.2. The molecule has 1 atom stereocenters. The maximum Gasteiger partial charge on any atom is 0.182 e. The van der Waals surface area contributed by atoms with Crippen LogP contribution in [0.15, 0.2) is 46.1 Å². The van der Waals surface area contributed by atoms with Crippen LogP contribution in [0.2, 0.25) is 0 Å². The molecule has 82 valence electrons. The van der Waals surface area contributed by atoms with Crippen LogP contribution in [0.5, 0.6) is 0 Å². The first-order valence-corrected chi connectivity index (χ1v) is 5.47. The molecule has 1 unspecified atom stereocenters. The van der Waals surface area contributed by atoms with Gasteiger partial charge in [0.25, 0.3) is 0 Å². The molecule has 0 aromatic heterocycles. The fourth-order valence-electron chi connectivity index (χ4n) is 2.65. The molecule has 1 spiro atoms. The van der Waals surface area contributed by atoms with Crippen molar-refractivity contribution >= 4 is 12.1 Å². The van der Waals surface area contributed by atoms with Crippen LogP contribution < -0.4 is 0 Å². The summed E-state index contributed by atoms with van der Waals surface area (Å²) in [6, 6.07) is 0. The second-order valence-electron chi connectivity index (χ2n) is 4.94. The molecule has 0 fully saturated rings. The Morgan fingerprint density at radius 3 is 3.06 bits per heavy atom. The van der Waals surface area contributed by atoms with Gasteiger partial charge in [-0.15, -0.1) is 0 Å². The van der Waals surface area contributed by atoms with Crippen LogP contribution >= 0.6 is 0 Å². The van der Waals surface area contributed by atoms with Crippen molar-refractivity contribution in [1.29, 1.82) is 0 Å². The van der Waals surface area contributed by atoms with Crippen molar-refractivity contribution in [3.05, 3.63) is 36.1 Å². The van der Waals surface area contributed by atoms with E-state index in [0.29, 0.717) is 6.54 Å². The van der Waals surface area contributed by atoms with Gasteiger partial charge in [0.15, 0.2) is 5.60 Å². The first-order chi connectivity index (χ1) is 7.67. The largest absolute Gasteiger partial charge is 0.483 e. The molecule has 0 saturated carbocycles. The molecule has 2 aliphatic heterocycles. The summed E-state index contributed by atoms with van der Waals surface area (Å²) in [5, 5.41) is 0. The Bertz CT molecular complexity index is 480. The molecule has 0 saturated heterocycles. The molecule has 3 nitrogen and oxygen atoms in total. The zero-order valence-electron chi connectivity index (χ0n) is 9.47. The van der Waals surface area contributed by atoms with E-state index in [1.165, 1.54) is 5.57 Å². The number of ether oxygens (including phenoxy) is 1. The zero-order valence-corrected chi connectivity index (χ0v) is 9.47. The van der Waals surface area contributed by atoms with Gasteiger partial charge in [-0.25, -0.2) is 4.99 Å². The highest BCUT2D eigenvalue weighted by molar-refractivity contribution is 6.10. The summed E-state index contributed by atoms with van der Waals surface area (Å²) in [7, 11) is 0. The Balaban J connectivity index is 2.24. The van der Waals surface area contributed by atoms with E-state index in [2.05, 4.69) is 29.9 Å². The van der Waals surface area contributed by atoms with Gasteiger partial charge < -0.3 is 4.74 Å². The lowest BCUT2D eigenvalue weighted by Gasteiger charge is -2.43. The summed E-state index contributed by atoms with van der Waals surface area (Å²) in [5.41, 5.74) is 1.57. The average Bonchev–Trinajstić information content (AvgIpc) is 2.64. The van der Waals surface area contributed by atoms with Crippen molar-refractivity contribution in [2.45, 2.75) is 19.4 Å². The van der Waals surface area contributed by atoms with Crippen molar-refractivity contribution < 1.29 is 4.74 Å². The maximum absolute atomic E-state index is 5.93. The van der Waals surface area contributed by atoms with Crippen LogP contribution in [0.1, 0.15) is 13.8 Å². The number of rotatable bonds is 0. The van der Waals surface area contributed by atoms with Crippen molar-refractivity contribution in [1.82, 2.24) is 0 Å². The number of nitrogens with zero attached hydrogens (tertiary/aromatic N) is 2. The maximum atomic E-state index is 5.93. The number of hydrogen-bond donors (Lipinski definition) is 0. The highest BCUT2D eigenvalue weighted by Crippen LogP contribution is 2.47. The molecule has 0 aromatic carbocycles. The molecule has 3 aliphatic rings.